The van der Waals surface area contributed by atoms with Crippen LogP contribution in [0.25, 0.3) is 0 Å². The summed E-state index contributed by atoms with van der Waals surface area (Å²) in [5, 5.41) is 9.05. The van der Waals surface area contributed by atoms with E-state index in [9.17, 15) is 28.1 Å². The molecule has 0 amide bonds. The number of thioether (sulfide) groups is 1. The van der Waals surface area contributed by atoms with Crippen molar-refractivity contribution in [3.8, 4) is 0 Å². The molecule has 0 aromatic heterocycles. The lowest BCUT2D eigenvalue weighted by molar-refractivity contribution is -0.384. The Labute approximate surface area is 91.6 Å². The van der Waals surface area contributed by atoms with Gasteiger partial charge in [0.15, 0.2) is 0 Å². The first kappa shape index (κ1) is 12.5. The number of halogens is 3. The van der Waals surface area contributed by atoms with Crippen LogP contribution in [0, 0.1) is 10.1 Å². The zero-order valence-corrected chi connectivity index (χ0v) is 8.34. The summed E-state index contributed by atoms with van der Waals surface area (Å²) in [6.45, 7) is 0. The fourth-order valence-electron chi connectivity index (χ4n) is 0.883. The molecular weight excluding hydrogens is 247 g/mol. The Bertz CT molecular complexity index is 416. The van der Waals surface area contributed by atoms with E-state index in [2.05, 4.69) is 0 Å². The molecule has 1 rings (SSSR count). The molecule has 0 saturated carbocycles. The number of hydrogen-bond donors (Lipinski definition) is 0. The fourth-order valence-corrected chi connectivity index (χ4v) is 1.35. The van der Waals surface area contributed by atoms with E-state index in [1.807, 2.05) is 0 Å². The van der Waals surface area contributed by atoms with E-state index in [1.54, 1.807) is 0 Å². The van der Waals surface area contributed by atoms with Gasteiger partial charge in [0.25, 0.3) is 5.69 Å². The van der Waals surface area contributed by atoms with Gasteiger partial charge in [0.2, 0.25) is 5.12 Å². The minimum atomic E-state index is -4.65. The third-order valence-corrected chi connectivity index (χ3v) is 2.17. The maximum atomic E-state index is 11.8. The van der Waals surface area contributed by atoms with Crippen molar-refractivity contribution >= 4 is 22.6 Å². The van der Waals surface area contributed by atoms with E-state index in [4.69, 9.17) is 0 Å². The molecule has 0 bridgehead atoms. The van der Waals surface area contributed by atoms with Crippen molar-refractivity contribution in [2.24, 2.45) is 0 Å². The van der Waals surface area contributed by atoms with Crippen LogP contribution >= 0.6 is 11.8 Å². The fraction of sp³-hybridized carbons (Fsp3) is 0.125. The molecular formula is C8H4F3NO3S. The molecule has 1 aromatic carbocycles. The van der Waals surface area contributed by atoms with Crippen LogP contribution in [0.4, 0.5) is 18.9 Å². The van der Waals surface area contributed by atoms with Gasteiger partial charge in [0.1, 0.15) is 0 Å². The van der Waals surface area contributed by atoms with Gasteiger partial charge in [-0.25, -0.2) is 0 Å². The molecule has 0 unspecified atom stereocenters. The normalized spacial score (nSPS) is 11.2. The van der Waals surface area contributed by atoms with Crippen molar-refractivity contribution in [3.63, 3.8) is 0 Å². The first-order valence-electron chi connectivity index (χ1n) is 3.84. The molecule has 0 heterocycles. The second-order valence-electron chi connectivity index (χ2n) is 2.64. The van der Waals surface area contributed by atoms with E-state index in [1.165, 1.54) is 0 Å². The van der Waals surface area contributed by atoms with Crippen molar-refractivity contribution in [2.45, 2.75) is 5.51 Å². The molecule has 0 spiro atoms. The molecule has 86 valence electrons. The molecule has 0 N–H and O–H groups in total. The van der Waals surface area contributed by atoms with Gasteiger partial charge in [0, 0.05) is 29.5 Å². The molecule has 0 aliphatic heterocycles. The molecule has 8 heteroatoms. The van der Waals surface area contributed by atoms with Gasteiger partial charge in [-0.3, -0.25) is 14.9 Å². The molecule has 0 radical (unpaired) electrons. The average Bonchev–Trinajstić information content (AvgIpc) is 2.15. The Morgan fingerprint density at radius 3 is 2.12 bits per heavy atom. The van der Waals surface area contributed by atoms with Gasteiger partial charge in [0.05, 0.1) is 4.92 Å². The lowest BCUT2D eigenvalue weighted by atomic mass is 10.2. The van der Waals surface area contributed by atoms with Crippen LogP contribution in [0.2, 0.25) is 0 Å². The molecule has 0 aliphatic carbocycles. The number of nitrogens with zero attached hydrogens (tertiary/aromatic N) is 1. The molecule has 1 aromatic rings. The van der Waals surface area contributed by atoms with E-state index in [0.717, 1.165) is 24.3 Å². The predicted octanol–water partition coefficient (Wildman–Crippen LogP) is 2.99. The van der Waals surface area contributed by atoms with Gasteiger partial charge in [-0.1, -0.05) is 0 Å². The van der Waals surface area contributed by atoms with E-state index >= 15 is 0 Å². The summed E-state index contributed by atoms with van der Waals surface area (Å²) >= 11 is -0.785. The zero-order valence-electron chi connectivity index (χ0n) is 7.52. The van der Waals surface area contributed by atoms with Crippen LogP contribution in [0.3, 0.4) is 0 Å². The van der Waals surface area contributed by atoms with Crippen LogP contribution in [-0.2, 0) is 0 Å². The lowest BCUT2D eigenvalue weighted by Crippen LogP contribution is -2.06. The second-order valence-corrected chi connectivity index (χ2v) is 3.68. The Kier molecular flexibility index (Phi) is 3.53. The highest BCUT2D eigenvalue weighted by molar-refractivity contribution is 8.14. The Hall–Kier alpha value is -1.57. The lowest BCUT2D eigenvalue weighted by Gasteiger charge is -2.03. The van der Waals surface area contributed by atoms with Crippen molar-refractivity contribution in [3.05, 3.63) is 39.9 Å². The van der Waals surface area contributed by atoms with E-state index < -0.39 is 27.3 Å². The summed E-state index contributed by atoms with van der Waals surface area (Å²) in [6, 6.07) is 3.92. The number of alkyl halides is 3. The average molecular weight is 251 g/mol. The van der Waals surface area contributed by atoms with Gasteiger partial charge < -0.3 is 0 Å². The van der Waals surface area contributed by atoms with Crippen LogP contribution in [0.1, 0.15) is 10.4 Å². The smallest absolute Gasteiger partial charge is 0.281 e. The van der Waals surface area contributed by atoms with Crippen molar-refractivity contribution in [1.82, 2.24) is 0 Å². The van der Waals surface area contributed by atoms with Crippen molar-refractivity contribution < 1.29 is 22.9 Å². The number of carbonyl (C=O) groups is 1. The number of hydrogen-bond acceptors (Lipinski definition) is 4. The molecule has 0 atom stereocenters. The number of non-ortho nitro benzene ring substituents is 1. The number of nitro groups is 1. The van der Waals surface area contributed by atoms with Crippen LogP contribution in [0.15, 0.2) is 24.3 Å². The molecule has 4 nitrogen and oxygen atoms in total. The van der Waals surface area contributed by atoms with E-state index in [0.29, 0.717) is 0 Å². The van der Waals surface area contributed by atoms with Crippen LogP contribution < -0.4 is 0 Å². The van der Waals surface area contributed by atoms with Gasteiger partial charge in [-0.2, -0.15) is 13.2 Å². The Balaban J connectivity index is 2.82. The summed E-state index contributed by atoms with van der Waals surface area (Å²) in [5.74, 6) is 0. The second kappa shape index (κ2) is 4.52. The van der Waals surface area contributed by atoms with E-state index in [-0.39, 0.29) is 11.3 Å². The zero-order chi connectivity index (χ0) is 12.3. The van der Waals surface area contributed by atoms with Crippen LogP contribution in [-0.4, -0.2) is 15.5 Å². The minimum Gasteiger partial charge on any atom is -0.281 e. The largest absolute Gasteiger partial charge is 0.449 e. The highest BCUT2D eigenvalue weighted by atomic mass is 32.2. The topological polar surface area (TPSA) is 60.2 Å². The molecule has 16 heavy (non-hydrogen) atoms. The maximum absolute atomic E-state index is 11.8. The number of benzene rings is 1. The SMILES string of the molecule is O=C(SC(F)(F)F)c1ccc([N+](=O)[O-])cc1. The summed E-state index contributed by atoms with van der Waals surface area (Å²) in [5.41, 5.74) is -5.17. The van der Waals surface area contributed by atoms with Gasteiger partial charge >= 0.3 is 5.51 Å². The van der Waals surface area contributed by atoms with Crippen molar-refractivity contribution in [1.29, 1.82) is 0 Å². The summed E-state index contributed by atoms with van der Waals surface area (Å²) < 4.78 is 35.5. The van der Waals surface area contributed by atoms with Crippen molar-refractivity contribution in [2.75, 3.05) is 0 Å². The number of rotatable bonds is 2. The third kappa shape index (κ3) is 3.54. The Morgan fingerprint density at radius 2 is 1.75 bits per heavy atom. The standard InChI is InChI=1S/C8H4F3NO3S/c9-8(10,11)16-7(13)5-1-3-6(4-2-5)12(14)15/h1-4H. The minimum absolute atomic E-state index is 0.229. The number of nitro benzene ring substituents is 1. The highest BCUT2D eigenvalue weighted by Crippen LogP contribution is 2.33. The summed E-state index contributed by atoms with van der Waals surface area (Å²) in [4.78, 5) is 20.6. The Morgan fingerprint density at radius 1 is 1.25 bits per heavy atom. The molecule has 0 fully saturated rings. The number of carbonyl (C=O) groups excluding carboxylic acids is 1. The van der Waals surface area contributed by atoms with Gasteiger partial charge in [-0.05, 0) is 12.1 Å². The summed E-state index contributed by atoms with van der Waals surface area (Å²) in [6.07, 6.45) is 0. The predicted molar refractivity (Wildman–Crippen MR) is 51.1 cm³/mol. The quantitative estimate of drug-likeness (QED) is 0.598. The molecule has 0 saturated heterocycles. The highest BCUT2D eigenvalue weighted by Gasteiger charge is 2.33. The third-order valence-electron chi connectivity index (χ3n) is 1.52. The maximum Gasteiger partial charge on any atom is 0.449 e. The monoisotopic (exact) mass is 251 g/mol. The first-order chi connectivity index (χ1) is 7.29. The molecule has 0 aliphatic rings. The van der Waals surface area contributed by atoms with Gasteiger partial charge in [-0.15, -0.1) is 0 Å². The van der Waals surface area contributed by atoms with Crippen LogP contribution in [0.5, 0.6) is 0 Å². The first-order valence-corrected chi connectivity index (χ1v) is 4.66. The summed E-state index contributed by atoms with van der Waals surface area (Å²) in [7, 11) is 0.